The number of aliphatic carboxylic acids is 1. The van der Waals surface area contributed by atoms with Gasteiger partial charge in [-0.25, -0.2) is 14.2 Å². The molecule has 0 aliphatic rings. The highest BCUT2D eigenvalue weighted by Crippen LogP contribution is 2.30. The zero-order valence-corrected chi connectivity index (χ0v) is 18.2. The summed E-state index contributed by atoms with van der Waals surface area (Å²) >= 11 is 0. The molecule has 0 saturated carbocycles. The maximum Gasteiger partial charge on any atom is 0.335 e. The number of rotatable bonds is 8. The number of imidazole rings is 1. The molecule has 0 radical (unpaired) electrons. The number of H-pyrrole nitrogens is 1. The van der Waals surface area contributed by atoms with Crippen LogP contribution in [0, 0.1) is 29.6 Å². The molecule has 4 aromatic rings. The van der Waals surface area contributed by atoms with E-state index in [4.69, 9.17) is 10.4 Å². The Labute approximate surface area is 199 Å². The van der Waals surface area contributed by atoms with Crippen molar-refractivity contribution in [1.29, 1.82) is 10.5 Å². The summed E-state index contributed by atoms with van der Waals surface area (Å²) in [6.07, 6.45) is 0. The van der Waals surface area contributed by atoms with Gasteiger partial charge in [-0.1, -0.05) is 0 Å². The molecule has 1 aromatic carbocycles. The van der Waals surface area contributed by atoms with Crippen LogP contribution in [0.1, 0.15) is 33.0 Å². The number of hydrogen-bond donors (Lipinski definition) is 4. The number of aromatic amines is 1. The molecule has 180 valence electrons. The number of aromatic nitrogens is 6. The van der Waals surface area contributed by atoms with E-state index in [0.717, 1.165) is 4.57 Å². The fourth-order valence-electron chi connectivity index (χ4n) is 3.43. The van der Waals surface area contributed by atoms with Crippen molar-refractivity contribution in [1.82, 2.24) is 29.4 Å². The lowest BCUT2D eigenvalue weighted by atomic mass is 10.1. The van der Waals surface area contributed by atoms with E-state index in [2.05, 4.69) is 35.4 Å². The highest BCUT2D eigenvalue weighted by atomic mass is 17.1. The van der Waals surface area contributed by atoms with Crippen molar-refractivity contribution in [2.24, 2.45) is 10.2 Å². The number of aromatic carboxylic acids is 1. The zero-order valence-electron chi connectivity index (χ0n) is 18.2. The average molecular weight is 490 g/mol. The molecule has 3 aromatic heterocycles. The number of aryl methyl sites for hydroxylation is 1. The van der Waals surface area contributed by atoms with Crippen molar-refractivity contribution in [2.75, 3.05) is 0 Å². The fraction of sp³-hybridized carbons (Fsp3) is 0.150. The second-order valence-corrected chi connectivity index (χ2v) is 7.28. The van der Waals surface area contributed by atoms with Gasteiger partial charge < -0.3 is 10.2 Å². The van der Waals surface area contributed by atoms with Gasteiger partial charge in [-0.3, -0.25) is 19.7 Å². The summed E-state index contributed by atoms with van der Waals surface area (Å²) in [5, 5.41) is 65.0. The molecule has 36 heavy (non-hydrogen) atoms. The quantitative estimate of drug-likeness (QED) is 0.158. The first-order valence-corrected chi connectivity index (χ1v) is 9.89. The zero-order chi connectivity index (χ0) is 26.0. The number of carboxylic acids is 2. The Kier molecular flexibility index (Phi) is 6.21. The highest BCUT2D eigenvalue weighted by Gasteiger charge is 2.21. The van der Waals surface area contributed by atoms with E-state index in [1.807, 2.05) is 0 Å². The van der Waals surface area contributed by atoms with Gasteiger partial charge >= 0.3 is 11.9 Å². The fourth-order valence-corrected chi connectivity index (χ4v) is 3.43. The Balaban J connectivity index is 1.80. The number of hydrogen-bond acceptors (Lipinski definition) is 11. The van der Waals surface area contributed by atoms with E-state index in [1.54, 1.807) is 25.1 Å². The molecule has 0 amide bonds. The second-order valence-electron chi connectivity index (χ2n) is 7.28. The van der Waals surface area contributed by atoms with Crippen LogP contribution in [0.3, 0.4) is 0 Å². The Morgan fingerprint density at radius 3 is 2.58 bits per heavy atom. The first-order chi connectivity index (χ1) is 17.3. The summed E-state index contributed by atoms with van der Waals surface area (Å²) in [4.78, 5) is 30.7. The van der Waals surface area contributed by atoms with Crippen LogP contribution in [0.4, 0.5) is 11.6 Å². The van der Waals surface area contributed by atoms with Crippen LogP contribution in [-0.4, -0.2) is 56.8 Å². The van der Waals surface area contributed by atoms with Crippen molar-refractivity contribution < 1.29 is 29.9 Å². The van der Waals surface area contributed by atoms with Crippen molar-refractivity contribution in [3.63, 3.8) is 0 Å². The number of nitrogens with one attached hydrogen (secondary N) is 1. The highest BCUT2D eigenvalue weighted by molar-refractivity contribution is 5.89. The minimum atomic E-state index is -1.28. The van der Waals surface area contributed by atoms with Crippen LogP contribution in [0.25, 0.3) is 17.0 Å². The van der Waals surface area contributed by atoms with Crippen molar-refractivity contribution in [3.8, 4) is 23.5 Å². The Bertz CT molecular complexity index is 1630. The number of carboxylic acid groups (broad SMARTS) is 2. The lowest BCUT2D eigenvalue weighted by molar-refractivity contribution is -0.253. The van der Waals surface area contributed by atoms with Crippen LogP contribution in [0.5, 0.6) is 0 Å². The first kappa shape index (κ1) is 23.7. The van der Waals surface area contributed by atoms with E-state index in [0.29, 0.717) is 16.8 Å². The van der Waals surface area contributed by atoms with Crippen molar-refractivity contribution in [2.45, 2.75) is 20.1 Å². The molecular weight excluding hydrogens is 476 g/mol. The smallest absolute Gasteiger partial charge is 0.335 e. The maximum atomic E-state index is 11.5. The molecule has 0 aliphatic heterocycles. The third-order valence-electron chi connectivity index (χ3n) is 4.93. The number of benzene rings is 1. The summed E-state index contributed by atoms with van der Waals surface area (Å²) in [5.41, 5.74) is 0.966. The van der Waals surface area contributed by atoms with Crippen molar-refractivity contribution >= 4 is 29.2 Å². The molecule has 0 atom stereocenters. The molecule has 16 nitrogen and oxygen atoms in total. The van der Waals surface area contributed by atoms with Crippen molar-refractivity contribution in [3.05, 3.63) is 46.4 Å². The summed E-state index contributed by atoms with van der Waals surface area (Å²) in [6.45, 7) is 0.733. The van der Waals surface area contributed by atoms with E-state index < -0.39 is 18.5 Å². The molecule has 3 heterocycles. The van der Waals surface area contributed by atoms with Crippen LogP contribution in [0.2, 0.25) is 0 Å². The van der Waals surface area contributed by atoms with Gasteiger partial charge in [0, 0.05) is 5.56 Å². The predicted octanol–water partition coefficient (Wildman–Crippen LogP) is 2.16. The molecule has 16 heteroatoms. The minimum Gasteiger partial charge on any atom is -0.480 e. The number of nitriles is 2. The van der Waals surface area contributed by atoms with Gasteiger partial charge in [-0.2, -0.15) is 15.5 Å². The molecule has 0 aliphatic carbocycles. The summed E-state index contributed by atoms with van der Waals surface area (Å²) in [7, 11) is 0. The topological polar surface area (TPSA) is 240 Å². The van der Waals surface area contributed by atoms with Gasteiger partial charge in [0.1, 0.15) is 25.3 Å². The number of nitrogens with zero attached hydrogens (tertiary/aromatic N) is 9. The average Bonchev–Trinajstić information content (AvgIpc) is 3.48. The van der Waals surface area contributed by atoms with Crippen LogP contribution in [-0.2, 0) is 22.8 Å². The standard InChI is InChI=1S/C20H14N10O6/c1-9-16(24-27-20-23-13(5-21)14(6-22)29(20)7-15(31)32)18-26-25-17(30(18)28-9)11-2-10(8-36-35)3-12(4-11)19(33)34/h2-4,28,35H,7-8H2,1H3,(H,31,32)(H,33,34). The van der Waals surface area contributed by atoms with Crippen LogP contribution in [0.15, 0.2) is 28.4 Å². The molecule has 0 bridgehead atoms. The van der Waals surface area contributed by atoms with E-state index >= 15 is 0 Å². The van der Waals surface area contributed by atoms with Crippen LogP contribution < -0.4 is 0 Å². The number of fused-ring (bicyclic) bond motifs is 1. The summed E-state index contributed by atoms with van der Waals surface area (Å²) in [5.74, 6) is -2.52. The van der Waals surface area contributed by atoms with Gasteiger partial charge in [0.05, 0.1) is 11.3 Å². The second kappa shape index (κ2) is 9.43. The number of carbonyl (C=O) groups is 2. The first-order valence-electron chi connectivity index (χ1n) is 9.89. The van der Waals surface area contributed by atoms with E-state index in [9.17, 15) is 25.2 Å². The van der Waals surface area contributed by atoms with E-state index in [1.165, 1.54) is 16.6 Å². The predicted molar refractivity (Wildman–Crippen MR) is 115 cm³/mol. The third kappa shape index (κ3) is 4.23. The molecule has 4 N–H and O–H groups in total. The van der Waals surface area contributed by atoms with Gasteiger partial charge in [-0.05, 0) is 30.7 Å². The molecular formula is C20H14N10O6. The molecule has 0 unspecified atom stereocenters. The Morgan fingerprint density at radius 1 is 1.17 bits per heavy atom. The summed E-state index contributed by atoms with van der Waals surface area (Å²) < 4.78 is 2.38. The van der Waals surface area contributed by atoms with Gasteiger partial charge in [0.2, 0.25) is 5.65 Å². The lowest BCUT2D eigenvalue weighted by Gasteiger charge is -2.05. The molecule has 0 fully saturated rings. The largest absolute Gasteiger partial charge is 0.480 e. The van der Waals surface area contributed by atoms with Gasteiger partial charge in [0.15, 0.2) is 22.9 Å². The van der Waals surface area contributed by atoms with Crippen LogP contribution >= 0.6 is 0 Å². The molecule has 0 saturated heterocycles. The monoisotopic (exact) mass is 490 g/mol. The SMILES string of the molecule is Cc1[nH]n2c(-c3cc(COO)cc(C(=O)O)c3)nnc2c1N=Nc1nc(C#N)c(C#N)n1CC(=O)O. The molecule has 0 spiro atoms. The number of azo groups is 1. The normalized spacial score (nSPS) is 11.1. The Hall–Kier alpha value is -5.45. The Morgan fingerprint density at radius 2 is 1.94 bits per heavy atom. The van der Waals surface area contributed by atoms with Gasteiger partial charge in [-0.15, -0.1) is 20.4 Å². The lowest BCUT2D eigenvalue weighted by Crippen LogP contribution is -2.10. The summed E-state index contributed by atoms with van der Waals surface area (Å²) in [6, 6.07) is 7.72. The maximum absolute atomic E-state index is 11.5. The minimum absolute atomic E-state index is 0.0636. The van der Waals surface area contributed by atoms with Gasteiger partial charge in [0.25, 0.3) is 5.95 Å². The molecule has 4 rings (SSSR count). The third-order valence-corrected chi connectivity index (χ3v) is 4.93. The van der Waals surface area contributed by atoms with E-state index in [-0.39, 0.29) is 46.7 Å².